The van der Waals surface area contributed by atoms with Crippen molar-refractivity contribution < 1.29 is 4.79 Å². The van der Waals surface area contributed by atoms with Gasteiger partial charge in [-0.15, -0.1) is 0 Å². The van der Waals surface area contributed by atoms with E-state index in [-0.39, 0.29) is 6.03 Å². The second-order valence-corrected chi connectivity index (χ2v) is 7.46. The molecule has 0 aliphatic heterocycles. The minimum Gasteiger partial charge on any atom is -0.338 e. The van der Waals surface area contributed by atoms with Crippen LogP contribution in [-0.2, 0) is 13.0 Å². The van der Waals surface area contributed by atoms with E-state index in [0.29, 0.717) is 12.6 Å². The molecule has 2 amide bonds. The van der Waals surface area contributed by atoms with E-state index in [9.17, 15) is 4.79 Å². The Kier molecular flexibility index (Phi) is 6.50. The van der Waals surface area contributed by atoms with E-state index in [0.717, 1.165) is 49.2 Å². The van der Waals surface area contributed by atoms with Crippen LogP contribution in [0, 0.1) is 0 Å². The molecule has 1 aromatic heterocycles. The normalized spacial score (nSPS) is 15.5. The largest absolute Gasteiger partial charge is 0.338 e. The molecule has 0 bridgehead atoms. The fourth-order valence-corrected chi connectivity index (χ4v) is 3.64. The summed E-state index contributed by atoms with van der Waals surface area (Å²) in [5, 5.41) is 6.10. The van der Waals surface area contributed by atoms with Crippen LogP contribution in [0.5, 0.6) is 0 Å². The number of aromatic nitrogens is 2. The van der Waals surface area contributed by atoms with Gasteiger partial charge in [0.25, 0.3) is 0 Å². The second-order valence-electron chi connectivity index (χ2n) is 7.46. The molecule has 0 spiro atoms. The molecule has 2 aromatic rings. The number of amides is 2. The Bertz CT molecular complexity index is 718. The van der Waals surface area contributed by atoms with Crippen molar-refractivity contribution in [2.45, 2.75) is 51.1 Å². The molecule has 1 aliphatic carbocycles. The Morgan fingerprint density at radius 1 is 1.23 bits per heavy atom. The fraction of sp³-hybridized carbons (Fsp3) is 0.600. The smallest absolute Gasteiger partial charge is 0.315 e. The Hall–Kier alpha value is -2.08. The third kappa shape index (κ3) is 4.97. The summed E-state index contributed by atoms with van der Waals surface area (Å²) in [5.41, 5.74) is 2.18. The molecular weight excluding hydrogens is 326 g/mol. The summed E-state index contributed by atoms with van der Waals surface area (Å²) in [6, 6.07) is 8.53. The lowest BCUT2D eigenvalue weighted by Gasteiger charge is -2.22. The average molecular weight is 358 g/mol. The quantitative estimate of drug-likeness (QED) is 0.801. The van der Waals surface area contributed by atoms with Crippen LogP contribution in [0.25, 0.3) is 11.0 Å². The van der Waals surface area contributed by atoms with Gasteiger partial charge in [-0.05, 0) is 39.1 Å². The Morgan fingerprint density at radius 2 is 2.00 bits per heavy atom. The molecule has 142 valence electrons. The molecule has 0 atom stereocenters. The highest BCUT2D eigenvalue weighted by molar-refractivity contribution is 5.76. The number of urea groups is 1. The van der Waals surface area contributed by atoms with Crippen molar-refractivity contribution in [1.82, 2.24) is 25.1 Å². The zero-order valence-corrected chi connectivity index (χ0v) is 16.0. The van der Waals surface area contributed by atoms with E-state index in [1.807, 2.05) is 12.1 Å². The predicted octanol–water partition coefficient (Wildman–Crippen LogP) is 2.77. The monoisotopic (exact) mass is 357 g/mol. The third-order valence-corrected chi connectivity index (χ3v) is 5.08. The first-order valence-corrected chi connectivity index (χ1v) is 9.77. The topological polar surface area (TPSA) is 62.2 Å². The molecule has 1 saturated carbocycles. The number of carbonyl (C=O) groups is 1. The number of para-hydroxylation sites is 2. The molecule has 1 heterocycles. The van der Waals surface area contributed by atoms with E-state index in [1.165, 1.54) is 19.3 Å². The highest BCUT2D eigenvalue weighted by atomic mass is 16.2. The first-order valence-electron chi connectivity index (χ1n) is 9.77. The molecule has 1 fully saturated rings. The first kappa shape index (κ1) is 18.7. The summed E-state index contributed by atoms with van der Waals surface area (Å²) >= 11 is 0. The standard InChI is InChI=1S/C20H31N5O/c1-24(2)14-15-25-18-11-7-6-10-17(18)23-19(25)12-13-21-20(26)22-16-8-4-3-5-9-16/h6-7,10-11,16H,3-5,8-9,12-15H2,1-2H3,(H2,21,22,26). The number of likely N-dealkylation sites (N-methyl/N-ethyl adjacent to an activating group) is 1. The number of fused-ring (bicyclic) bond motifs is 1. The van der Waals surface area contributed by atoms with Crippen LogP contribution in [-0.4, -0.2) is 53.7 Å². The molecule has 3 rings (SSSR count). The lowest BCUT2D eigenvalue weighted by Crippen LogP contribution is -2.43. The molecule has 0 radical (unpaired) electrons. The van der Waals surface area contributed by atoms with Crippen LogP contribution in [0.1, 0.15) is 37.9 Å². The van der Waals surface area contributed by atoms with Gasteiger partial charge in [-0.25, -0.2) is 9.78 Å². The minimum atomic E-state index is -0.0483. The van der Waals surface area contributed by atoms with Gasteiger partial charge in [0.05, 0.1) is 11.0 Å². The van der Waals surface area contributed by atoms with Gasteiger partial charge in [-0.1, -0.05) is 31.4 Å². The van der Waals surface area contributed by atoms with Gasteiger partial charge in [0.2, 0.25) is 0 Å². The van der Waals surface area contributed by atoms with Crippen LogP contribution >= 0.6 is 0 Å². The lowest BCUT2D eigenvalue weighted by molar-refractivity contribution is 0.232. The first-order chi connectivity index (χ1) is 12.6. The van der Waals surface area contributed by atoms with E-state index < -0.39 is 0 Å². The van der Waals surface area contributed by atoms with Crippen LogP contribution < -0.4 is 10.6 Å². The van der Waals surface area contributed by atoms with Crippen molar-refractivity contribution in [1.29, 1.82) is 0 Å². The van der Waals surface area contributed by atoms with Crippen molar-refractivity contribution in [3.8, 4) is 0 Å². The van der Waals surface area contributed by atoms with Gasteiger partial charge in [0.15, 0.2) is 0 Å². The van der Waals surface area contributed by atoms with Crippen molar-refractivity contribution in [3.05, 3.63) is 30.1 Å². The SMILES string of the molecule is CN(C)CCn1c(CCNC(=O)NC2CCCCC2)nc2ccccc21. The Balaban J connectivity index is 1.57. The maximum atomic E-state index is 12.1. The highest BCUT2D eigenvalue weighted by Gasteiger charge is 2.16. The summed E-state index contributed by atoms with van der Waals surface area (Å²) < 4.78 is 2.27. The Labute approximate surface area is 156 Å². The molecule has 0 unspecified atom stereocenters. The van der Waals surface area contributed by atoms with Crippen LogP contribution in [0.2, 0.25) is 0 Å². The second kappa shape index (κ2) is 9.03. The van der Waals surface area contributed by atoms with Crippen LogP contribution in [0.4, 0.5) is 4.79 Å². The highest BCUT2D eigenvalue weighted by Crippen LogP contribution is 2.18. The van der Waals surface area contributed by atoms with Crippen LogP contribution in [0.3, 0.4) is 0 Å². The van der Waals surface area contributed by atoms with Gasteiger partial charge in [0, 0.05) is 32.1 Å². The van der Waals surface area contributed by atoms with E-state index in [2.05, 4.69) is 46.3 Å². The molecule has 6 nitrogen and oxygen atoms in total. The number of rotatable bonds is 7. The summed E-state index contributed by atoms with van der Waals surface area (Å²) in [6.07, 6.45) is 6.69. The van der Waals surface area contributed by atoms with Gasteiger partial charge in [-0.2, -0.15) is 0 Å². The van der Waals surface area contributed by atoms with Crippen molar-refractivity contribution in [2.75, 3.05) is 27.2 Å². The molecule has 26 heavy (non-hydrogen) atoms. The van der Waals surface area contributed by atoms with Gasteiger partial charge < -0.3 is 20.1 Å². The lowest BCUT2D eigenvalue weighted by atomic mass is 9.96. The maximum Gasteiger partial charge on any atom is 0.315 e. The van der Waals surface area contributed by atoms with E-state index in [1.54, 1.807) is 0 Å². The molecule has 2 N–H and O–H groups in total. The van der Waals surface area contributed by atoms with Gasteiger partial charge in [0.1, 0.15) is 5.82 Å². The number of hydrogen-bond donors (Lipinski definition) is 2. The summed E-state index contributed by atoms with van der Waals surface area (Å²) in [5.74, 6) is 1.03. The number of carbonyl (C=O) groups excluding carboxylic acids is 1. The average Bonchev–Trinajstić information content (AvgIpc) is 2.98. The predicted molar refractivity (Wildman–Crippen MR) is 105 cm³/mol. The molecule has 0 saturated heterocycles. The maximum absolute atomic E-state index is 12.1. The Morgan fingerprint density at radius 3 is 2.77 bits per heavy atom. The summed E-state index contributed by atoms with van der Waals surface area (Å²) in [6.45, 7) is 2.46. The van der Waals surface area contributed by atoms with Crippen LogP contribution in [0.15, 0.2) is 24.3 Å². The molecular formula is C20H31N5O. The molecule has 1 aliphatic rings. The number of benzene rings is 1. The summed E-state index contributed by atoms with van der Waals surface area (Å²) in [7, 11) is 4.16. The van der Waals surface area contributed by atoms with Gasteiger partial charge in [-0.3, -0.25) is 0 Å². The fourth-order valence-electron chi connectivity index (χ4n) is 3.64. The molecule has 6 heteroatoms. The van der Waals surface area contributed by atoms with Crippen molar-refractivity contribution in [2.24, 2.45) is 0 Å². The third-order valence-electron chi connectivity index (χ3n) is 5.08. The number of nitrogens with zero attached hydrogens (tertiary/aromatic N) is 3. The summed E-state index contributed by atoms with van der Waals surface area (Å²) in [4.78, 5) is 19.1. The van der Waals surface area contributed by atoms with E-state index >= 15 is 0 Å². The molecule has 1 aromatic carbocycles. The number of imidazole rings is 1. The van der Waals surface area contributed by atoms with Crippen molar-refractivity contribution >= 4 is 17.1 Å². The number of hydrogen-bond acceptors (Lipinski definition) is 3. The number of nitrogens with one attached hydrogen (secondary N) is 2. The van der Waals surface area contributed by atoms with E-state index in [4.69, 9.17) is 4.98 Å². The van der Waals surface area contributed by atoms with Gasteiger partial charge >= 0.3 is 6.03 Å². The van der Waals surface area contributed by atoms with Crippen molar-refractivity contribution in [3.63, 3.8) is 0 Å². The zero-order valence-electron chi connectivity index (χ0n) is 16.0. The zero-order chi connectivity index (χ0) is 18.4. The minimum absolute atomic E-state index is 0.0483.